The Morgan fingerprint density at radius 1 is 1.44 bits per heavy atom. The molecule has 88 valence electrons. The number of nitrogens with zero attached hydrogens (tertiary/aromatic N) is 1. The smallest absolute Gasteiger partial charge is 0.0959 e. The predicted octanol–water partition coefficient (Wildman–Crippen LogP) is 3.18. The van der Waals surface area contributed by atoms with E-state index in [0.717, 1.165) is 5.92 Å². The second kappa shape index (κ2) is 4.67. The van der Waals surface area contributed by atoms with Gasteiger partial charge in [-0.05, 0) is 31.9 Å². The van der Waals surface area contributed by atoms with Crippen molar-refractivity contribution in [1.29, 1.82) is 0 Å². The molecule has 0 bridgehead atoms. The third-order valence-corrected chi connectivity index (χ3v) is 5.51. The van der Waals surface area contributed by atoms with Gasteiger partial charge < -0.3 is 5.32 Å². The first kappa shape index (κ1) is 11.1. The minimum atomic E-state index is 0.424. The Hall–Kier alpha value is -0.0600. The van der Waals surface area contributed by atoms with Crippen LogP contribution < -0.4 is 5.32 Å². The second-order valence-corrected chi connectivity index (χ2v) is 6.87. The van der Waals surface area contributed by atoms with Gasteiger partial charge >= 0.3 is 0 Å². The van der Waals surface area contributed by atoms with Crippen LogP contribution in [0.15, 0.2) is 5.38 Å². The van der Waals surface area contributed by atoms with E-state index in [1.54, 1.807) is 0 Å². The van der Waals surface area contributed by atoms with Crippen molar-refractivity contribution in [3.05, 3.63) is 16.1 Å². The van der Waals surface area contributed by atoms with Crippen LogP contribution in [0.1, 0.15) is 48.8 Å². The third kappa shape index (κ3) is 2.44. The Kier molecular flexibility index (Phi) is 3.22. The molecule has 1 aromatic rings. The van der Waals surface area contributed by atoms with Crippen molar-refractivity contribution in [2.24, 2.45) is 0 Å². The fraction of sp³-hybridized carbons (Fsp3) is 0.750. The molecule has 2 atom stereocenters. The van der Waals surface area contributed by atoms with Gasteiger partial charge in [0.15, 0.2) is 0 Å². The summed E-state index contributed by atoms with van der Waals surface area (Å²) in [5.41, 5.74) is 1.25. The van der Waals surface area contributed by atoms with Gasteiger partial charge in [0.1, 0.15) is 0 Å². The van der Waals surface area contributed by atoms with Crippen LogP contribution in [-0.4, -0.2) is 22.5 Å². The van der Waals surface area contributed by atoms with Gasteiger partial charge in [0.2, 0.25) is 0 Å². The van der Waals surface area contributed by atoms with Crippen molar-refractivity contribution >= 4 is 23.1 Å². The number of thiazole rings is 1. The molecule has 0 radical (unpaired) electrons. The Labute approximate surface area is 105 Å². The predicted molar refractivity (Wildman–Crippen MR) is 71.4 cm³/mol. The fourth-order valence-electron chi connectivity index (χ4n) is 2.12. The van der Waals surface area contributed by atoms with Crippen LogP contribution in [0.3, 0.4) is 0 Å². The van der Waals surface area contributed by atoms with Gasteiger partial charge in [-0.25, -0.2) is 4.98 Å². The van der Waals surface area contributed by atoms with E-state index in [9.17, 15) is 0 Å². The molecule has 1 N–H and O–H groups in total. The molecule has 3 rings (SSSR count). The molecular weight excluding hydrogens is 236 g/mol. The summed E-state index contributed by atoms with van der Waals surface area (Å²) in [6.07, 6.45) is 4.02. The summed E-state index contributed by atoms with van der Waals surface area (Å²) in [5, 5.41) is 7.30. The van der Waals surface area contributed by atoms with Gasteiger partial charge in [-0.15, -0.1) is 11.3 Å². The average molecular weight is 254 g/mol. The molecular formula is C12H18N2S2. The van der Waals surface area contributed by atoms with Gasteiger partial charge in [0.25, 0.3) is 0 Å². The van der Waals surface area contributed by atoms with E-state index in [1.165, 1.54) is 41.5 Å². The fourth-order valence-corrected chi connectivity index (χ4v) is 4.37. The molecule has 16 heavy (non-hydrogen) atoms. The van der Waals surface area contributed by atoms with Crippen molar-refractivity contribution in [3.8, 4) is 0 Å². The SMILES string of the molecule is CC(NC1CCSC1)c1csc(C2CC2)n1. The molecule has 1 aliphatic heterocycles. The summed E-state index contributed by atoms with van der Waals surface area (Å²) in [4.78, 5) is 4.76. The molecule has 4 heteroatoms. The van der Waals surface area contributed by atoms with Crippen LogP contribution in [-0.2, 0) is 0 Å². The molecule has 2 nitrogen and oxygen atoms in total. The lowest BCUT2D eigenvalue weighted by Gasteiger charge is -2.16. The maximum absolute atomic E-state index is 4.76. The Balaban J connectivity index is 1.61. The molecule has 2 unspecified atom stereocenters. The summed E-state index contributed by atoms with van der Waals surface area (Å²) in [6, 6.07) is 1.12. The molecule has 1 aliphatic carbocycles. The highest BCUT2D eigenvalue weighted by atomic mass is 32.2. The number of hydrogen-bond acceptors (Lipinski definition) is 4. The van der Waals surface area contributed by atoms with Crippen molar-refractivity contribution in [2.45, 2.75) is 44.2 Å². The lowest BCUT2D eigenvalue weighted by atomic mass is 10.2. The summed E-state index contributed by atoms with van der Waals surface area (Å²) in [7, 11) is 0. The number of rotatable bonds is 4. The molecule has 0 amide bonds. The van der Waals surface area contributed by atoms with Gasteiger partial charge in [0.05, 0.1) is 10.7 Å². The monoisotopic (exact) mass is 254 g/mol. The summed E-state index contributed by atoms with van der Waals surface area (Å²) in [5.74, 6) is 3.38. The van der Waals surface area contributed by atoms with E-state index in [2.05, 4.69) is 29.4 Å². The van der Waals surface area contributed by atoms with Crippen molar-refractivity contribution in [1.82, 2.24) is 10.3 Å². The molecule has 2 fully saturated rings. The van der Waals surface area contributed by atoms with E-state index in [4.69, 9.17) is 4.98 Å². The maximum Gasteiger partial charge on any atom is 0.0959 e. The largest absolute Gasteiger partial charge is 0.305 e. The zero-order chi connectivity index (χ0) is 11.0. The Morgan fingerprint density at radius 2 is 2.31 bits per heavy atom. The number of aromatic nitrogens is 1. The number of nitrogens with one attached hydrogen (secondary N) is 1. The molecule has 0 spiro atoms. The van der Waals surface area contributed by atoms with Crippen LogP contribution in [0.5, 0.6) is 0 Å². The highest BCUT2D eigenvalue weighted by Crippen LogP contribution is 2.41. The normalized spacial score (nSPS) is 27.2. The molecule has 0 aromatic carbocycles. The van der Waals surface area contributed by atoms with Crippen LogP contribution in [0.4, 0.5) is 0 Å². The molecule has 1 saturated carbocycles. The number of thioether (sulfide) groups is 1. The van der Waals surface area contributed by atoms with Gasteiger partial charge in [-0.1, -0.05) is 0 Å². The van der Waals surface area contributed by atoms with E-state index in [-0.39, 0.29) is 0 Å². The van der Waals surface area contributed by atoms with E-state index < -0.39 is 0 Å². The maximum atomic E-state index is 4.76. The minimum Gasteiger partial charge on any atom is -0.305 e. The molecule has 2 heterocycles. The summed E-state index contributed by atoms with van der Waals surface area (Å²) in [6.45, 7) is 2.24. The van der Waals surface area contributed by atoms with Gasteiger partial charge in [0, 0.05) is 29.1 Å². The summed E-state index contributed by atoms with van der Waals surface area (Å²) >= 11 is 3.91. The first-order valence-electron chi connectivity index (χ1n) is 6.12. The quantitative estimate of drug-likeness (QED) is 0.893. The highest BCUT2D eigenvalue weighted by molar-refractivity contribution is 7.99. The Bertz CT molecular complexity index is 354. The first-order chi connectivity index (χ1) is 7.83. The van der Waals surface area contributed by atoms with Crippen LogP contribution in [0.25, 0.3) is 0 Å². The second-order valence-electron chi connectivity index (χ2n) is 4.83. The summed E-state index contributed by atoms with van der Waals surface area (Å²) < 4.78 is 0. The standard InChI is InChI=1S/C12H18N2S2/c1-8(13-10-4-5-15-6-10)11-7-16-12(14-11)9-2-3-9/h7-10,13H,2-6H2,1H3. The topological polar surface area (TPSA) is 24.9 Å². The number of hydrogen-bond donors (Lipinski definition) is 1. The van der Waals surface area contributed by atoms with Crippen LogP contribution >= 0.6 is 23.1 Å². The molecule has 1 aromatic heterocycles. The van der Waals surface area contributed by atoms with Crippen molar-refractivity contribution in [3.63, 3.8) is 0 Å². The molecule has 2 aliphatic rings. The van der Waals surface area contributed by atoms with E-state index in [1.807, 2.05) is 11.3 Å². The highest BCUT2D eigenvalue weighted by Gasteiger charge is 2.27. The zero-order valence-electron chi connectivity index (χ0n) is 9.61. The van der Waals surface area contributed by atoms with E-state index >= 15 is 0 Å². The third-order valence-electron chi connectivity index (χ3n) is 3.33. The van der Waals surface area contributed by atoms with Crippen molar-refractivity contribution < 1.29 is 0 Å². The van der Waals surface area contributed by atoms with E-state index in [0.29, 0.717) is 12.1 Å². The van der Waals surface area contributed by atoms with Gasteiger partial charge in [-0.3, -0.25) is 0 Å². The lowest BCUT2D eigenvalue weighted by Crippen LogP contribution is -2.31. The average Bonchev–Trinajstić information content (AvgIpc) is 2.82. The zero-order valence-corrected chi connectivity index (χ0v) is 11.2. The molecule has 1 saturated heterocycles. The van der Waals surface area contributed by atoms with Crippen LogP contribution in [0, 0.1) is 0 Å². The minimum absolute atomic E-state index is 0.424. The Morgan fingerprint density at radius 3 is 3.00 bits per heavy atom. The van der Waals surface area contributed by atoms with Gasteiger partial charge in [-0.2, -0.15) is 11.8 Å². The van der Waals surface area contributed by atoms with Crippen molar-refractivity contribution in [2.75, 3.05) is 11.5 Å². The van der Waals surface area contributed by atoms with Crippen LogP contribution in [0.2, 0.25) is 0 Å². The first-order valence-corrected chi connectivity index (χ1v) is 8.15. The lowest BCUT2D eigenvalue weighted by molar-refractivity contribution is 0.479.